The third kappa shape index (κ3) is 3.36. The Morgan fingerprint density at radius 1 is 1.24 bits per heavy atom. The van der Waals surface area contributed by atoms with E-state index in [1.165, 1.54) is 0 Å². The van der Waals surface area contributed by atoms with Crippen LogP contribution in [0.15, 0.2) is 42.5 Å². The van der Waals surface area contributed by atoms with Crippen LogP contribution in [-0.2, 0) is 13.6 Å². The van der Waals surface area contributed by atoms with Gasteiger partial charge in [-0.2, -0.15) is 5.10 Å². The summed E-state index contributed by atoms with van der Waals surface area (Å²) in [6, 6.07) is 13.9. The lowest BCUT2D eigenvalue weighted by Gasteiger charge is -2.13. The summed E-state index contributed by atoms with van der Waals surface area (Å²) in [6.45, 7) is 4.52. The molecule has 0 aliphatic carbocycles. The lowest BCUT2D eigenvalue weighted by atomic mass is 10.0. The molecule has 25 heavy (non-hydrogen) atoms. The average molecular weight is 337 g/mol. The Labute approximate surface area is 147 Å². The molecule has 5 nitrogen and oxygen atoms in total. The first kappa shape index (κ1) is 17.0. The maximum Gasteiger partial charge on any atom is 0.269 e. The van der Waals surface area contributed by atoms with E-state index >= 15 is 0 Å². The molecule has 0 atom stereocenters. The largest absolute Gasteiger partial charge is 0.496 e. The van der Waals surface area contributed by atoms with Crippen LogP contribution in [0.4, 0.5) is 0 Å². The van der Waals surface area contributed by atoms with Crippen LogP contribution >= 0.6 is 0 Å². The molecule has 0 aliphatic heterocycles. The SMILES string of the molecule is COc1ccc2ccccc2c1CNC(=O)c1cc(C(C)C)nn1C. The molecule has 1 N–H and O–H groups in total. The van der Waals surface area contributed by atoms with Crippen molar-refractivity contribution < 1.29 is 9.53 Å². The molecule has 1 amide bonds. The van der Waals surface area contributed by atoms with Crippen molar-refractivity contribution >= 4 is 16.7 Å². The van der Waals surface area contributed by atoms with Gasteiger partial charge in [0.25, 0.3) is 5.91 Å². The van der Waals surface area contributed by atoms with Gasteiger partial charge in [0, 0.05) is 19.2 Å². The fourth-order valence-corrected chi connectivity index (χ4v) is 2.93. The fraction of sp³-hybridized carbons (Fsp3) is 0.300. The number of carbonyl (C=O) groups is 1. The van der Waals surface area contributed by atoms with E-state index in [1.807, 2.05) is 36.4 Å². The standard InChI is InChI=1S/C20H23N3O2/c1-13(2)17-11-18(23(3)22-17)20(24)21-12-16-15-8-6-5-7-14(15)9-10-19(16)25-4/h5-11,13H,12H2,1-4H3,(H,21,24). The van der Waals surface area contributed by atoms with Crippen molar-refractivity contribution in [1.29, 1.82) is 0 Å². The molecule has 1 aromatic heterocycles. The van der Waals surface area contributed by atoms with E-state index in [1.54, 1.807) is 18.8 Å². The number of amides is 1. The quantitative estimate of drug-likeness (QED) is 0.773. The summed E-state index contributed by atoms with van der Waals surface area (Å²) in [6.07, 6.45) is 0. The Morgan fingerprint density at radius 3 is 2.68 bits per heavy atom. The van der Waals surface area contributed by atoms with Crippen molar-refractivity contribution in [2.45, 2.75) is 26.3 Å². The Bertz CT molecular complexity index is 912. The second kappa shape index (κ2) is 6.97. The van der Waals surface area contributed by atoms with Gasteiger partial charge in [0.1, 0.15) is 11.4 Å². The van der Waals surface area contributed by atoms with Crippen LogP contribution in [0.25, 0.3) is 10.8 Å². The van der Waals surface area contributed by atoms with Gasteiger partial charge in [0.2, 0.25) is 0 Å². The zero-order chi connectivity index (χ0) is 18.0. The molecular weight excluding hydrogens is 314 g/mol. The Balaban J connectivity index is 1.86. The highest BCUT2D eigenvalue weighted by Gasteiger charge is 2.16. The number of ether oxygens (including phenoxy) is 1. The number of aromatic nitrogens is 2. The van der Waals surface area contributed by atoms with Crippen LogP contribution in [0.3, 0.4) is 0 Å². The van der Waals surface area contributed by atoms with Crippen LogP contribution < -0.4 is 10.1 Å². The van der Waals surface area contributed by atoms with Crippen LogP contribution in [-0.4, -0.2) is 22.8 Å². The lowest BCUT2D eigenvalue weighted by Crippen LogP contribution is -2.25. The third-order valence-corrected chi connectivity index (χ3v) is 4.37. The normalized spacial score (nSPS) is 11.1. The summed E-state index contributed by atoms with van der Waals surface area (Å²) in [7, 11) is 3.44. The highest BCUT2D eigenvalue weighted by molar-refractivity contribution is 5.93. The van der Waals surface area contributed by atoms with Crippen LogP contribution in [0, 0.1) is 0 Å². The maximum atomic E-state index is 12.6. The highest BCUT2D eigenvalue weighted by atomic mass is 16.5. The minimum atomic E-state index is -0.142. The summed E-state index contributed by atoms with van der Waals surface area (Å²) >= 11 is 0. The molecule has 130 valence electrons. The van der Waals surface area contributed by atoms with Crippen molar-refractivity contribution in [2.24, 2.45) is 7.05 Å². The van der Waals surface area contributed by atoms with Crippen LogP contribution in [0.5, 0.6) is 5.75 Å². The molecule has 2 aromatic carbocycles. The zero-order valence-electron chi connectivity index (χ0n) is 15.0. The molecule has 1 heterocycles. The van der Waals surface area contributed by atoms with Crippen molar-refractivity contribution in [3.63, 3.8) is 0 Å². The number of nitrogens with zero attached hydrogens (tertiary/aromatic N) is 2. The van der Waals surface area contributed by atoms with E-state index in [0.717, 1.165) is 27.8 Å². The second-order valence-electron chi connectivity index (χ2n) is 6.38. The number of methoxy groups -OCH3 is 1. The van der Waals surface area contributed by atoms with Crippen LogP contribution in [0.1, 0.15) is 41.5 Å². The summed E-state index contributed by atoms with van der Waals surface area (Å²) in [5.41, 5.74) is 2.44. The van der Waals surface area contributed by atoms with Gasteiger partial charge in [-0.25, -0.2) is 0 Å². The molecule has 3 aromatic rings. The average Bonchev–Trinajstić information content (AvgIpc) is 3.01. The first-order valence-corrected chi connectivity index (χ1v) is 8.38. The van der Waals surface area contributed by atoms with Gasteiger partial charge in [-0.1, -0.05) is 44.2 Å². The van der Waals surface area contributed by atoms with E-state index in [2.05, 4.69) is 30.3 Å². The maximum absolute atomic E-state index is 12.6. The predicted molar refractivity (Wildman–Crippen MR) is 99.0 cm³/mol. The first-order valence-electron chi connectivity index (χ1n) is 8.38. The van der Waals surface area contributed by atoms with Gasteiger partial charge in [-0.05, 0) is 28.8 Å². The smallest absolute Gasteiger partial charge is 0.269 e. The van der Waals surface area contributed by atoms with Gasteiger partial charge in [0.05, 0.1) is 12.8 Å². The van der Waals surface area contributed by atoms with Gasteiger partial charge < -0.3 is 10.1 Å². The molecular formula is C20H23N3O2. The number of fused-ring (bicyclic) bond motifs is 1. The number of aryl methyl sites for hydroxylation is 1. The summed E-state index contributed by atoms with van der Waals surface area (Å²) in [5, 5.41) is 9.60. The van der Waals surface area contributed by atoms with Gasteiger partial charge in [0.15, 0.2) is 0 Å². The van der Waals surface area contributed by atoms with Gasteiger partial charge in [-0.15, -0.1) is 0 Å². The Kier molecular flexibility index (Phi) is 4.74. The monoisotopic (exact) mass is 337 g/mol. The fourth-order valence-electron chi connectivity index (χ4n) is 2.93. The summed E-state index contributed by atoms with van der Waals surface area (Å²) < 4.78 is 7.11. The van der Waals surface area contributed by atoms with E-state index in [-0.39, 0.29) is 11.8 Å². The molecule has 0 bridgehead atoms. The molecule has 3 rings (SSSR count). The summed E-state index contributed by atoms with van der Waals surface area (Å²) in [5.74, 6) is 0.912. The zero-order valence-corrected chi connectivity index (χ0v) is 15.0. The number of benzene rings is 2. The molecule has 0 unspecified atom stereocenters. The number of nitrogens with one attached hydrogen (secondary N) is 1. The van der Waals surface area contributed by atoms with Gasteiger partial charge >= 0.3 is 0 Å². The van der Waals surface area contributed by atoms with Crippen molar-refractivity contribution in [1.82, 2.24) is 15.1 Å². The number of hydrogen-bond acceptors (Lipinski definition) is 3. The lowest BCUT2D eigenvalue weighted by molar-refractivity contribution is 0.0941. The Morgan fingerprint density at radius 2 is 2.00 bits per heavy atom. The third-order valence-electron chi connectivity index (χ3n) is 4.37. The van der Waals surface area contributed by atoms with E-state index in [4.69, 9.17) is 4.74 Å². The number of hydrogen-bond donors (Lipinski definition) is 1. The van der Waals surface area contributed by atoms with E-state index < -0.39 is 0 Å². The molecule has 5 heteroatoms. The minimum absolute atomic E-state index is 0.142. The van der Waals surface area contributed by atoms with Crippen molar-refractivity contribution in [3.8, 4) is 5.75 Å². The number of rotatable bonds is 5. The second-order valence-corrected chi connectivity index (χ2v) is 6.38. The van der Waals surface area contributed by atoms with Gasteiger partial charge in [-0.3, -0.25) is 9.48 Å². The molecule has 0 fully saturated rings. The molecule has 0 saturated heterocycles. The summed E-state index contributed by atoms with van der Waals surface area (Å²) in [4.78, 5) is 12.6. The predicted octanol–water partition coefficient (Wildman–Crippen LogP) is 3.64. The Hall–Kier alpha value is -2.82. The number of carbonyl (C=O) groups excluding carboxylic acids is 1. The first-order chi connectivity index (χ1) is 12.0. The van der Waals surface area contributed by atoms with Crippen molar-refractivity contribution in [3.05, 3.63) is 59.4 Å². The van der Waals surface area contributed by atoms with E-state index in [9.17, 15) is 4.79 Å². The minimum Gasteiger partial charge on any atom is -0.496 e. The molecule has 0 saturated carbocycles. The highest BCUT2D eigenvalue weighted by Crippen LogP contribution is 2.27. The molecule has 0 radical (unpaired) electrons. The van der Waals surface area contributed by atoms with Crippen LogP contribution in [0.2, 0.25) is 0 Å². The molecule has 0 aliphatic rings. The topological polar surface area (TPSA) is 56.1 Å². The van der Waals surface area contributed by atoms with Crippen molar-refractivity contribution in [2.75, 3.05) is 7.11 Å². The molecule has 0 spiro atoms. The van der Waals surface area contributed by atoms with E-state index in [0.29, 0.717) is 12.2 Å².